The Kier molecular flexibility index (Phi) is 11.6. The predicted octanol–water partition coefficient (Wildman–Crippen LogP) is 5.21. The Morgan fingerprint density at radius 2 is 1.66 bits per heavy atom. The number of nitrogens with one attached hydrogen (secondary N) is 3. The van der Waals surface area contributed by atoms with Crippen molar-refractivity contribution in [1.29, 1.82) is 0 Å². The van der Waals surface area contributed by atoms with E-state index in [0.29, 0.717) is 44.5 Å². The Hall–Kier alpha value is -5.58. The maximum atomic E-state index is 13.5. The lowest BCUT2D eigenvalue weighted by molar-refractivity contribution is -0.134. The minimum atomic E-state index is -0.468. The zero-order valence-corrected chi connectivity index (χ0v) is 34.1. The standard InChI is InChI=1S/C41H46ClN11O4S/c1-26-6-5-7-32(42)38(26)48-39(56)33-23-43-40(58-33)46-34-22-35(45-27(2)44-34)50-20-18-49(19-21-50)16-4-3-8-37(55)53-30-13-14-31(53)25-51(24-30)28-9-11-29(12-10-28)52-17-15-36(54)47-41(52)57/h5-7,9-12,15,17,22-23,30-31H,3-4,8,13-14,16,18-21,24-25H2,1-2H3,(H,48,56)(H,47,54,57)(H,43,44,45,46). The van der Waals surface area contributed by atoms with Gasteiger partial charge in [0.15, 0.2) is 5.13 Å². The molecule has 2 amide bonds. The molecular formula is C41H46ClN11O4S. The SMILES string of the molecule is Cc1nc(Nc2ncc(C(=O)Nc3c(C)cccc3Cl)s2)cc(N2CCN(CCCCC(=O)N3C4CCC3CN(c3ccc(-n5ccc(=O)[nH]c5=O)cc3)C4)CC2)n1. The molecule has 3 aliphatic rings. The molecule has 58 heavy (non-hydrogen) atoms. The molecular weight excluding hydrogens is 778 g/mol. The van der Waals surface area contributed by atoms with Gasteiger partial charge in [0, 0.05) is 81.8 Å². The van der Waals surface area contributed by atoms with Crippen LogP contribution in [0.25, 0.3) is 5.69 Å². The van der Waals surface area contributed by atoms with Crippen molar-refractivity contribution in [2.75, 3.05) is 66.2 Å². The van der Waals surface area contributed by atoms with Crippen molar-refractivity contribution in [3.63, 3.8) is 0 Å². The van der Waals surface area contributed by atoms with E-state index in [4.69, 9.17) is 16.6 Å². The van der Waals surface area contributed by atoms with E-state index in [1.165, 1.54) is 34.4 Å². The van der Waals surface area contributed by atoms with Crippen LogP contribution in [0.5, 0.6) is 0 Å². The summed E-state index contributed by atoms with van der Waals surface area (Å²) in [5.41, 5.74) is 2.33. The van der Waals surface area contributed by atoms with Crippen molar-refractivity contribution >= 4 is 62.9 Å². The summed E-state index contributed by atoms with van der Waals surface area (Å²) in [7, 11) is 0. The van der Waals surface area contributed by atoms with Crippen LogP contribution in [0.1, 0.15) is 53.2 Å². The van der Waals surface area contributed by atoms with Crippen molar-refractivity contribution in [3.8, 4) is 5.69 Å². The Labute approximate surface area is 344 Å². The number of fused-ring (bicyclic) bond motifs is 2. The molecule has 302 valence electrons. The second-order valence-corrected chi connectivity index (χ2v) is 16.5. The van der Waals surface area contributed by atoms with E-state index in [1.54, 1.807) is 6.07 Å². The number of nitrogens with zero attached hydrogens (tertiary/aromatic N) is 8. The number of H-pyrrole nitrogens is 1. The molecule has 5 aromatic rings. The molecule has 3 fully saturated rings. The van der Waals surface area contributed by atoms with E-state index in [2.05, 4.69) is 45.2 Å². The number of anilines is 5. The van der Waals surface area contributed by atoms with Gasteiger partial charge in [0.1, 0.15) is 22.3 Å². The van der Waals surface area contributed by atoms with Crippen molar-refractivity contribution in [2.24, 2.45) is 0 Å². The molecule has 3 aromatic heterocycles. The first-order chi connectivity index (χ1) is 28.1. The van der Waals surface area contributed by atoms with Gasteiger partial charge in [0.2, 0.25) is 5.91 Å². The molecule has 3 saturated heterocycles. The molecule has 0 saturated carbocycles. The average molecular weight is 824 g/mol. The van der Waals surface area contributed by atoms with Crippen LogP contribution in [0.3, 0.4) is 0 Å². The van der Waals surface area contributed by atoms with Crippen LogP contribution in [-0.2, 0) is 4.79 Å². The lowest BCUT2D eigenvalue weighted by Crippen LogP contribution is -2.56. The fourth-order valence-corrected chi connectivity index (χ4v) is 9.18. The minimum absolute atomic E-state index is 0.205. The largest absolute Gasteiger partial charge is 0.367 e. The number of aryl methyl sites for hydroxylation is 2. The molecule has 2 aromatic carbocycles. The van der Waals surface area contributed by atoms with Crippen molar-refractivity contribution in [2.45, 2.75) is 58.0 Å². The lowest BCUT2D eigenvalue weighted by atomic mass is 10.1. The van der Waals surface area contributed by atoms with E-state index in [-0.39, 0.29) is 23.9 Å². The highest BCUT2D eigenvalue weighted by molar-refractivity contribution is 7.17. The van der Waals surface area contributed by atoms with E-state index < -0.39 is 11.2 Å². The van der Waals surface area contributed by atoms with Gasteiger partial charge < -0.3 is 25.3 Å². The van der Waals surface area contributed by atoms with Gasteiger partial charge in [-0.25, -0.2) is 19.7 Å². The van der Waals surface area contributed by atoms with Gasteiger partial charge in [-0.2, -0.15) is 0 Å². The van der Waals surface area contributed by atoms with E-state index in [0.717, 1.165) is 88.6 Å². The molecule has 3 aliphatic heterocycles. The molecule has 2 bridgehead atoms. The Morgan fingerprint density at radius 1 is 0.914 bits per heavy atom. The highest BCUT2D eigenvalue weighted by Gasteiger charge is 2.42. The van der Waals surface area contributed by atoms with Gasteiger partial charge in [-0.3, -0.25) is 28.8 Å². The summed E-state index contributed by atoms with van der Waals surface area (Å²) in [5.74, 6) is 2.09. The molecule has 3 N–H and O–H groups in total. The number of aromatic nitrogens is 5. The number of carbonyl (C=O) groups excluding carboxylic acids is 2. The number of para-hydroxylation sites is 1. The molecule has 0 spiro atoms. The Balaban J connectivity index is 0.770. The second kappa shape index (κ2) is 17.1. The summed E-state index contributed by atoms with van der Waals surface area (Å²) >= 11 is 7.54. The molecule has 8 rings (SSSR count). The van der Waals surface area contributed by atoms with Crippen LogP contribution in [0.2, 0.25) is 5.02 Å². The molecule has 17 heteroatoms. The first-order valence-corrected chi connectivity index (χ1v) is 20.9. The Morgan fingerprint density at radius 3 is 2.38 bits per heavy atom. The maximum Gasteiger partial charge on any atom is 0.332 e. The number of carbonyl (C=O) groups is 2. The van der Waals surface area contributed by atoms with Gasteiger partial charge in [-0.05, 0) is 82.0 Å². The molecule has 6 heterocycles. The number of hydrogen-bond acceptors (Lipinski definition) is 12. The van der Waals surface area contributed by atoms with Crippen LogP contribution in [0.15, 0.2) is 76.6 Å². The summed E-state index contributed by atoms with van der Waals surface area (Å²) < 4.78 is 1.41. The molecule has 0 aliphatic carbocycles. The van der Waals surface area contributed by atoms with Crippen molar-refractivity contribution in [1.82, 2.24) is 34.3 Å². The highest BCUT2D eigenvalue weighted by Crippen LogP contribution is 2.34. The normalized spacial score (nSPS) is 18.1. The summed E-state index contributed by atoms with van der Waals surface area (Å²) in [6, 6.07) is 16.9. The van der Waals surface area contributed by atoms with E-state index in [1.807, 2.05) is 56.3 Å². The van der Waals surface area contributed by atoms with E-state index >= 15 is 0 Å². The first kappa shape index (κ1) is 39.3. The number of rotatable bonds is 12. The van der Waals surface area contributed by atoms with Crippen LogP contribution >= 0.6 is 22.9 Å². The molecule has 15 nitrogen and oxygen atoms in total. The summed E-state index contributed by atoms with van der Waals surface area (Å²) in [5, 5.41) is 7.18. The van der Waals surface area contributed by atoms with Crippen LogP contribution < -0.4 is 31.7 Å². The summed E-state index contributed by atoms with van der Waals surface area (Å²) in [6.07, 6.45) is 7.45. The smallest absolute Gasteiger partial charge is 0.332 e. The average Bonchev–Trinajstić information content (AvgIpc) is 3.79. The monoisotopic (exact) mass is 823 g/mol. The van der Waals surface area contributed by atoms with Crippen LogP contribution in [0.4, 0.5) is 28.1 Å². The third-order valence-electron chi connectivity index (χ3n) is 11.1. The molecule has 2 atom stereocenters. The number of benzene rings is 2. The van der Waals surface area contributed by atoms with Gasteiger partial charge in [-0.1, -0.05) is 35.1 Å². The minimum Gasteiger partial charge on any atom is -0.367 e. The number of thiazole rings is 1. The third kappa shape index (κ3) is 8.78. The Bertz CT molecular complexity index is 2380. The fraction of sp³-hybridized carbons (Fsp3) is 0.390. The quantitative estimate of drug-likeness (QED) is 0.142. The van der Waals surface area contributed by atoms with Gasteiger partial charge in [0.05, 0.1) is 22.6 Å². The van der Waals surface area contributed by atoms with Crippen LogP contribution in [-0.4, -0.2) is 104 Å². The molecule has 0 radical (unpaired) electrons. The first-order valence-electron chi connectivity index (χ1n) is 19.7. The van der Waals surface area contributed by atoms with Crippen molar-refractivity contribution < 1.29 is 9.59 Å². The lowest BCUT2D eigenvalue weighted by Gasteiger charge is -2.42. The van der Waals surface area contributed by atoms with Gasteiger partial charge in [-0.15, -0.1) is 0 Å². The number of unbranched alkanes of at least 4 members (excludes halogenated alkanes) is 1. The number of hydrogen-bond donors (Lipinski definition) is 3. The second-order valence-electron chi connectivity index (χ2n) is 15.1. The third-order valence-corrected chi connectivity index (χ3v) is 12.4. The maximum absolute atomic E-state index is 13.5. The summed E-state index contributed by atoms with van der Waals surface area (Å²) in [6.45, 7) is 9.78. The zero-order chi connectivity index (χ0) is 40.3. The number of amides is 2. The number of piperazine rings is 2. The van der Waals surface area contributed by atoms with Gasteiger partial charge >= 0.3 is 5.69 Å². The van der Waals surface area contributed by atoms with Crippen molar-refractivity contribution in [3.05, 3.63) is 109 Å². The highest BCUT2D eigenvalue weighted by atomic mass is 35.5. The van der Waals surface area contributed by atoms with Gasteiger partial charge in [0.25, 0.3) is 11.5 Å². The number of halogens is 1. The van der Waals surface area contributed by atoms with Crippen LogP contribution in [0, 0.1) is 13.8 Å². The van der Waals surface area contributed by atoms with E-state index in [9.17, 15) is 19.2 Å². The molecule has 2 unspecified atom stereocenters. The zero-order valence-electron chi connectivity index (χ0n) is 32.5. The predicted molar refractivity (Wildman–Crippen MR) is 227 cm³/mol. The topological polar surface area (TPSA) is 165 Å². The summed E-state index contributed by atoms with van der Waals surface area (Å²) in [4.78, 5) is 75.7. The number of aromatic amines is 1. The fourth-order valence-electron chi connectivity index (χ4n) is 8.20.